The fraction of sp³-hybridized carbons (Fsp3) is 0.850. The number of piperidine rings is 1. The number of nitrogens with zero attached hydrogens (tertiary/aromatic N) is 3. The van der Waals surface area contributed by atoms with Gasteiger partial charge in [0.2, 0.25) is 17.7 Å². The van der Waals surface area contributed by atoms with Crippen LogP contribution in [0.3, 0.4) is 0 Å². The largest absolute Gasteiger partial charge is 0.353 e. The number of nitrogens with one attached hydrogen (secondary N) is 1. The van der Waals surface area contributed by atoms with Crippen molar-refractivity contribution in [3.05, 3.63) is 0 Å². The molecule has 0 saturated carbocycles. The Morgan fingerprint density at radius 1 is 1.15 bits per heavy atom. The van der Waals surface area contributed by atoms with Crippen LogP contribution in [0.4, 0.5) is 0 Å². The molecular formula is C20H34N4O3. The monoisotopic (exact) mass is 378 g/mol. The van der Waals surface area contributed by atoms with Gasteiger partial charge in [-0.1, -0.05) is 13.8 Å². The standard InChI is InChI=1S/C20H34N4O3/c1-15(2)13-23-11-7-21-20(27)17(23)12-19(26)22-9-5-16(6-10-22)14-24-8-3-4-18(24)25/h15-17H,3-14H2,1-2H3,(H,21,27)/t17-/m0/s1. The highest BCUT2D eigenvalue weighted by Crippen LogP contribution is 2.22. The van der Waals surface area contributed by atoms with Crippen molar-refractivity contribution in [1.29, 1.82) is 0 Å². The lowest BCUT2D eigenvalue weighted by Crippen LogP contribution is -2.57. The summed E-state index contributed by atoms with van der Waals surface area (Å²) in [6, 6.07) is -0.339. The molecule has 0 bridgehead atoms. The van der Waals surface area contributed by atoms with Gasteiger partial charge in [-0.15, -0.1) is 0 Å². The molecule has 3 amide bonds. The van der Waals surface area contributed by atoms with Crippen LogP contribution in [0, 0.1) is 11.8 Å². The lowest BCUT2D eigenvalue weighted by molar-refractivity contribution is -0.140. The zero-order chi connectivity index (χ0) is 19.4. The van der Waals surface area contributed by atoms with Crippen molar-refractivity contribution in [2.45, 2.75) is 52.0 Å². The number of carbonyl (C=O) groups is 3. The molecule has 3 aliphatic rings. The van der Waals surface area contributed by atoms with Gasteiger partial charge in [-0.25, -0.2) is 0 Å². The topological polar surface area (TPSA) is 73.0 Å². The second kappa shape index (κ2) is 9.04. The third-order valence-electron chi connectivity index (χ3n) is 6.03. The molecule has 0 unspecified atom stereocenters. The Morgan fingerprint density at radius 2 is 1.89 bits per heavy atom. The lowest BCUT2D eigenvalue weighted by atomic mass is 9.95. The molecule has 0 aromatic heterocycles. The molecule has 0 spiro atoms. The summed E-state index contributed by atoms with van der Waals surface area (Å²) >= 11 is 0. The van der Waals surface area contributed by atoms with Gasteiger partial charge in [0.15, 0.2) is 0 Å². The summed E-state index contributed by atoms with van der Waals surface area (Å²) in [6.07, 6.45) is 3.83. The van der Waals surface area contributed by atoms with E-state index in [9.17, 15) is 14.4 Å². The third kappa shape index (κ3) is 5.21. The van der Waals surface area contributed by atoms with Crippen LogP contribution in [0.15, 0.2) is 0 Å². The minimum Gasteiger partial charge on any atom is -0.353 e. The van der Waals surface area contributed by atoms with Crippen LogP contribution in [0.25, 0.3) is 0 Å². The molecule has 27 heavy (non-hydrogen) atoms. The van der Waals surface area contributed by atoms with Crippen LogP contribution in [0.1, 0.15) is 46.0 Å². The first-order chi connectivity index (χ1) is 12.9. The number of piperazine rings is 1. The van der Waals surface area contributed by atoms with Crippen LogP contribution in [-0.2, 0) is 14.4 Å². The van der Waals surface area contributed by atoms with Gasteiger partial charge < -0.3 is 15.1 Å². The van der Waals surface area contributed by atoms with Crippen molar-refractivity contribution < 1.29 is 14.4 Å². The number of hydrogen-bond acceptors (Lipinski definition) is 4. The van der Waals surface area contributed by atoms with E-state index in [2.05, 4.69) is 24.1 Å². The van der Waals surface area contributed by atoms with E-state index in [0.717, 1.165) is 58.5 Å². The van der Waals surface area contributed by atoms with Crippen LogP contribution >= 0.6 is 0 Å². The molecule has 1 N–H and O–H groups in total. The van der Waals surface area contributed by atoms with E-state index in [4.69, 9.17) is 0 Å². The second-order valence-electron chi connectivity index (χ2n) is 8.67. The van der Waals surface area contributed by atoms with Crippen molar-refractivity contribution >= 4 is 17.7 Å². The molecule has 7 heteroatoms. The summed E-state index contributed by atoms with van der Waals surface area (Å²) in [5, 5.41) is 2.91. The van der Waals surface area contributed by atoms with Crippen molar-refractivity contribution in [2.24, 2.45) is 11.8 Å². The third-order valence-corrected chi connectivity index (χ3v) is 6.03. The van der Waals surface area contributed by atoms with Gasteiger partial charge in [0, 0.05) is 52.2 Å². The molecule has 3 fully saturated rings. The number of carbonyl (C=O) groups excluding carboxylic acids is 3. The molecule has 3 aliphatic heterocycles. The normalized spacial score (nSPS) is 25.4. The zero-order valence-corrected chi connectivity index (χ0v) is 16.8. The molecule has 1 atom stereocenters. The summed E-state index contributed by atoms with van der Waals surface area (Å²) in [5.74, 6) is 1.31. The first kappa shape index (κ1) is 20.1. The van der Waals surface area contributed by atoms with Gasteiger partial charge in [-0.3, -0.25) is 19.3 Å². The number of amides is 3. The molecule has 3 rings (SSSR count). The number of likely N-dealkylation sites (tertiary alicyclic amines) is 2. The molecule has 0 radical (unpaired) electrons. The van der Waals surface area contributed by atoms with E-state index in [1.54, 1.807) is 0 Å². The quantitative estimate of drug-likeness (QED) is 0.738. The van der Waals surface area contributed by atoms with E-state index < -0.39 is 0 Å². The Balaban J connectivity index is 1.48. The maximum absolute atomic E-state index is 12.8. The van der Waals surface area contributed by atoms with E-state index in [1.807, 2.05) is 9.80 Å². The van der Waals surface area contributed by atoms with Crippen molar-refractivity contribution in [3.8, 4) is 0 Å². The average molecular weight is 379 g/mol. The van der Waals surface area contributed by atoms with E-state index in [0.29, 0.717) is 24.8 Å². The summed E-state index contributed by atoms with van der Waals surface area (Å²) in [4.78, 5) is 43.0. The highest BCUT2D eigenvalue weighted by molar-refractivity contribution is 5.88. The molecule has 0 aromatic rings. The summed E-state index contributed by atoms with van der Waals surface area (Å²) < 4.78 is 0. The van der Waals surface area contributed by atoms with Crippen LogP contribution in [0.2, 0.25) is 0 Å². The molecule has 3 heterocycles. The fourth-order valence-corrected chi connectivity index (χ4v) is 4.54. The fourth-order valence-electron chi connectivity index (χ4n) is 4.54. The van der Waals surface area contributed by atoms with Crippen LogP contribution in [0.5, 0.6) is 0 Å². The van der Waals surface area contributed by atoms with Gasteiger partial charge >= 0.3 is 0 Å². The summed E-state index contributed by atoms with van der Waals surface area (Å²) in [7, 11) is 0. The Hall–Kier alpha value is -1.63. The SMILES string of the molecule is CC(C)CN1CCNC(=O)[C@@H]1CC(=O)N1CCC(CN2CCCC2=O)CC1. The van der Waals surface area contributed by atoms with Crippen LogP contribution < -0.4 is 5.32 Å². The summed E-state index contributed by atoms with van der Waals surface area (Å²) in [5.41, 5.74) is 0. The highest BCUT2D eigenvalue weighted by atomic mass is 16.2. The molecule has 152 valence electrons. The first-order valence-electron chi connectivity index (χ1n) is 10.5. The first-order valence-corrected chi connectivity index (χ1v) is 10.5. The van der Waals surface area contributed by atoms with E-state index >= 15 is 0 Å². The highest BCUT2D eigenvalue weighted by Gasteiger charge is 2.34. The molecule has 7 nitrogen and oxygen atoms in total. The maximum Gasteiger partial charge on any atom is 0.237 e. The number of rotatable bonds is 6. The smallest absolute Gasteiger partial charge is 0.237 e. The molecule has 0 aliphatic carbocycles. The van der Waals surface area contributed by atoms with Gasteiger partial charge in [0.25, 0.3) is 0 Å². The lowest BCUT2D eigenvalue weighted by Gasteiger charge is -2.38. The molecular weight excluding hydrogens is 344 g/mol. The Kier molecular flexibility index (Phi) is 6.73. The van der Waals surface area contributed by atoms with Gasteiger partial charge in [0.05, 0.1) is 12.5 Å². The van der Waals surface area contributed by atoms with Crippen molar-refractivity contribution in [3.63, 3.8) is 0 Å². The van der Waals surface area contributed by atoms with Crippen LogP contribution in [-0.4, -0.2) is 84.3 Å². The second-order valence-corrected chi connectivity index (χ2v) is 8.67. The predicted octanol–water partition coefficient (Wildman–Crippen LogP) is 0.694. The molecule has 0 aromatic carbocycles. The zero-order valence-electron chi connectivity index (χ0n) is 16.8. The minimum atomic E-state index is -0.339. The average Bonchev–Trinajstić information content (AvgIpc) is 3.03. The van der Waals surface area contributed by atoms with Gasteiger partial charge in [0.1, 0.15) is 0 Å². The molecule has 3 saturated heterocycles. The van der Waals surface area contributed by atoms with E-state index in [1.165, 1.54) is 0 Å². The predicted molar refractivity (Wildman–Crippen MR) is 103 cm³/mol. The van der Waals surface area contributed by atoms with E-state index in [-0.39, 0.29) is 30.2 Å². The van der Waals surface area contributed by atoms with Crippen molar-refractivity contribution in [1.82, 2.24) is 20.0 Å². The van der Waals surface area contributed by atoms with Gasteiger partial charge in [-0.2, -0.15) is 0 Å². The Labute approximate surface area is 162 Å². The Morgan fingerprint density at radius 3 is 2.52 bits per heavy atom. The summed E-state index contributed by atoms with van der Waals surface area (Å²) in [6.45, 7) is 9.81. The van der Waals surface area contributed by atoms with Gasteiger partial charge in [-0.05, 0) is 31.1 Å². The Bertz CT molecular complexity index is 557. The maximum atomic E-state index is 12.8. The number of hydrogen-bond donors (Lipinski definition) is 1. The minimum absolute atomic E-state index is 0.0160. The van der Waals surface area contributed by atoms with Crippen molar-refractivity contribution in [2.75, 3.05) is 45.8 Å².